The van der Waals surface area contributed by atoms with Crippen molar-refractivity contribution >= 4 is 24.0 Å². The van der Waals surface area contributed by atoms with E-state index < -0.39 is 6.04 Å². The van der Waals surface area contributed by atoms with Crippen LogP contribution in [0.2, 0.25) is 0 Å². The van der Waals surface area contributed by atoms with Crippen LogP contribution in [0.1, 0.15) is 13.8 Å². The molecule has 0 saturated carbocycles. The third kappa shape index (κ3) is 3.98. The third-order valence-corrected chi connectivity index (χ3v) is 2.55. The summed E-state index contributed by atoms with van der Waals surface area (Å²) in [6.07, 6.45) is 0. The van der Waals surface area contributed by atoms with Crippen LogP contribution in [0.3, 0.4) is 0 Å². The molecular weight excluding hydrogens is 243 g/mol. The van der Waals surface area contributed by atoms with Crippen LogP contribution in [0.5, 0.6) is 0 Å². The molecule has 1 aromatic carbocycles. The highest BCUT2D eigenvalue weighted by atomic mass is 35.5. The fourth-order valence-corrected chi connectivity index (χ4v) is 1.30. The molecule has 1 aromatic rings. The summed E-state index contributed by atoms with van der Waals surface area (Å²) in [5, 5.41) is 0. The van der Waals surface area contributed by atoms with Crippen LogP contribution in [0.4, 0.5) is 10.1 Å². The van der Waals surface area contributed by atoms with Gasteiger partial charge in [-0.1, -0.05) is 13.8 Å². The number of nitrogens with two attached hydrogens (primary N) is 1. The molecule has 0 radical (unpaired) electrons. The van der Waals surface area contributed by atoms with Crippen molar-refractivity contribution in [1.29, 1.82) is 0 Å². The van der Waals surface area contributed by atoms with Gasteiger partial charge in [0.15, 0.2) is 0 Å². The molecule has 0 aliphatic carbocycles. The monoisotopic (exact) mass is 260 g/mol. The summed E-state index contributed by atoms with van der Waals surface area (Å²) in [7, 11) is 1.64. The Morgan fingerprint density at radius 2 is 1.76 bits per heavy atom. The Balaban J connectivity index is 0.00000256. The Morgan fingerprint density at radius 3 is 2.18 bits per heavy atom. The van der Waals surface area contributed by atoms with E-state index >= 15 is 0 Å². The molecule has 1 amide bonds. The fourth-order valence-electron chi connectivity index (χ4n) is 1.30. The summed E-state index contributed by atoms with van der Waals surface area (Å²) >= 11 is 0. The SMILES string of the molecule is CC(C)[C@@H](N)C(=O)N(C)c1ccc(F)cc1.Cl. The number of likely N-dealkylation sites (N-methyl/N-ethyl adjacent to an activating group) is 1. The van der Waals surface area contributed by atoms with Gasteiger partial charge in [0.2, 0.25) is 5.91 Å². The van der Waals surface area contributed by atoms with Gasteiger partial charge < -0.3 is 10.6 Å². The first-order valence-corrected chi connectivity index (χ1v) is 5.22. The second-order valence-corrected chi connectivity index (χ2v) is 4.14. The zero-order chi connectivity index (χ0) is 12.3. The number of nitrogens with zero attached hydrogens (tertiary/aromatic N) is 1. The van der Waals surface area contributed by atoms with Crippen LogP contribution < -0.4 is 10.6 Å². The van der Waals surface area contributed by atoms with E-state index in [1.54, 1.807) is 19.2 Å². The van der Waals surface area contributed by atoms with E-state index in [2.05, 4.69) is 0 Å². The van der Waals surface area contributed by atoms with E-state index in [0.29, 0.717) is 5.69 Å². The molecule has 1 atom stereocenters. The molecule has 2 N–H and O–H groups in total. The number of hydrogen-bond acceptors (Lipinski definition) is 2. The van der Waals surface area contributed by atoms with Crippen molar-refractivity contribution in [2.24, 2.45) is 11.7 Å². The number of halogens is 2. The van der Waals surface area contributed by atoms with Gasteiger partial charge in [0, 0.05) is 12.7 Å². The minimum atomic E-state index is -0.532. The Kier molecular flexibility index (Phi) is 6.13. The fraction of sp³-hybridized carbons (Fsp3) is 0.417. The molecule has 0 aliphatic rings. The van der Waals surface area contributed by atoms with E-state index in [4.69, 9.17) is 5.73 Å². The lowest BCUT2D eigenvalue weighted by Crippen LogP contribution is -2.45. The second kappa shape index (κ2) is 6.57. The number of carbonyl (C=O) groups is 1. The maximum atomic E-state index is 12.7. The van der Waals surface area contributed by atoms with E-state index in [9.17, 15) is 9.18 Å². The van der Waals surface area contributed by atoms with Crippen molar-refractivity contribution in [2.45, 2.75) is 19.9 Å². The number of amides is 1. The highest BCUT2D eigenvalue weighted by Gasteiger charge is 2.21. The topological polar surface area (TPSA) is 46.3 Å². The number of hydrogen-bond donors (Lipinski definition) is 1. The van der Waals surface area contributed by atoms with Crippen molar-refractivity contribution in [1.82, 2.24) is 0 Å². The molecule has 0 aliphatic heterocycles. The van der Waals surface area contributed by atoms with Crippen molar-refractivity contribution in [3.63, 3.8) is 0 Å². The Hall–Kier alpha value is -1.13. The van der Waals surface area contributed by atoms with Gasteiger partial charge in [-0.3, -0.25) is 4.79 Å². The normalized spacial score (nSPS) is 11.9. The second-order valence-electron chi connectivity index (χ2n) is 4.14. The lowest BCUT2D eigenvalue weighted by molar-refractivity contribution is -0.120. The summed E-state index contributed by atoms with van der Waals surface area (Å²) in [5.41, 5.74) is 6.40. The van der Waals surface area contributed by atoms with Gasteiger partial charge in [0.25, 0.3) is 0 Å². The van der Waals surface area contributed by atoms with Crippen molar-refractivity contribution in [3.8, 4) is 0 Å². The smallest absolute Gasteiger partial charge is 0.243 e. The molecule has 0 unspecified atom stereocenters. The number of rotatable bonds is 3. The van der Waals surface area contributed by atoms with Crippen molar-refractivity contribution in [3.05, 3.63) is 30.1 Å². The molecule has 0 spiro atoms. The van der Waals surface area contributed by atoms with Gasteiger partial charge in [-0.25, -0.2) is 4.39 Å². The van der Waals surface area contributed by atoms with Crippen LogP contribution in [-0.2, 0) is 4.79 Å². The molecule has 0 saturated heterocycles. The molecule has 5 heteroatoms. The van der Waals surface area contributed by atoms with Crippen molar-refractivity contribution in [2.75, 3.05) is 11.9 Å². The molecule has 1 rings (SSSR count). The predicted molar refractivity (Wildman–Crippen MR) is 69.9 cm³/mol. The van der Waals surface area contributed by atoms with Gasteiger partial charge in [-0.15, -0.1) is 12.4 Å². The maximum Gasteiger partial charge on any atom is 0.243 e. The molecule has 0 bridgehead atoms. The Labute approximate surface area is 107 Å². The van der Waals surface area contributed by atoms with Crippen LogP contribution in [-0.4, -0.2) is 19.0 Å². The molecule has 0 fully saturated rings. The van der Waals surface area contributed by atoms with Gasteiger partial charge in [-0.05, 0) is 30.2 Å². The molecule has 17 heavy (non-hydrogen) atoms. The minimum absolute atomic E-state index is 0. The summed E-state index contributed by atoms with van der Waals surface area (Å²) in [4.78, 5) is 13.3. The molecular formula is C12H18ClFN2O. The number of carbonyl (C=O) groups excluding carboxylic acids is 1. The number of benzene rings is 1. The average molecular weight is 261 g/mol. The van der Waals surface area contributed by atoms with Crippen LogP contribution in [0.25, 0.3) is 0 Å². The lowest BCUT2D eigenvalue weighted by atomic mass is 10.0. The Bertz CT molecular complexity index is 367. The van der Waals surface area contributed by atoms with Crippen LogP contribution in [0.15, 0.2) is 24.3 Å². The highest BCUT2D eigenvalue weighted by molar-refractivity contribution is 5.96. The highest BCUT2D eigenvalue weighted by Crippen LogP contribution is 2.15. The quantitative estimate of drug-likeness (QED) is 0.906. The van der Waals surface area contributed by atoms with E-state index in [-0.39, 0.29) is 30.0 Å². The molecule has 0 heterocycles. The average Bonchev–Trinajstić information content (AvgIpc) is 2.27. The molecule has 3 nitrogen and oxygen atoms in total. The largest absolute Gasteiger partial charge is 0.320 e. The Morgan fingerprint density at radius 1 is 1.29 bits per heavy atom. The van der Waals surface area contributed by atoms with E-state index in [0.717, 1.165) is 0 Å². The zero-order valence-electron chi connectivity index (χ0n) is 10.2. The summed E-state index contributed by atoms with van der Waals surface area (Å²) in [6.45, 7) is 3.78. The van der Waals surface area contributed by atoms with E-state index in [1.807, 2.05) is 13.8 Å². The first-order valence-electron chi connectivity index (χ1n) is 5.22. The standard InChI is InChI=1S/C12H17FN2O.ClH/c1-8(2)11(14)12(16)15(3)10-6-4-9(13)5-7-10;/h4-8,11H,14H2,1-3H3;1H/t11-;/m1./s1. The van der Waals surface area contributed by atoms with Gasteiger partial charge in [0.05, 0.1) is 6.04 Å². The molecule has 96 valence electrons. The van der Waals surface area contributed by atoms with Gasteiger partial charge >= 0.3 is 0 Å². The summed E-state index contributed by atoms with van der Waals surface area (Å²) in [5.74, 6) is -0.408. The lowest BCUT2D eigenvalue weighted by Gasteiger charge is -2.23. The number of anilines is 1. The predicted octanol–water partition coefficient (Wildman–Crippen LogP) is 2.19. The van der Waals surface area contributed by atoms with Crippen molar-refractivity contribution < 1.29 is 9.18 Å². The molecule has 0 aromatic heterocycles. The first-order chi connectivity index (χ1) is 7.43. The first kappa shape index (κ1) is 15.9. The van der Waals surface area contributed by atoms with Crippen LogP contribution >= 0.6 is 12.4 Å². The van der Waals surface area contributed by atoms with Crippen LogP contribution in [0, 0.1) is 11.7 Å². The summed E-state index contributed by atoms with van der Waals surface area (Å²) in [6, 6.07) is 5.22. The minimum Gasteiger partial charge on any atom is -0.320 e. The zero-order valence-corrected chi connectivity index (χ0v) is 11.0. The van der Waals surface area contributed by atoms with Gasteiger partial charge in [0.1, 0.15) is 5.82 Å². The van der Waals surface area contributed by atoms with E-state index in [1.165, 1.54) is 17.0 Å². The maximum absolute atomic E-state index is 12.7. The van der Waals surface area contributed by atoms with Gasteiger partial charge in [-0.2, -0.15) is 0 Å². The summed E-state index contributed by atoms with van der Waals surface area (Å²) < 4.78 is 12.7. The third-order valence-electron chi connectivity index (χ3n) is 2.55.